The van der Waals surface area contributed by atoms with Crippen molar-refractivity contribution in [1.29, 1.82) is 5.39 Å². The third-order valence-corrected chi connectivity index (χ3v) is 0.149. The fourth-order valence-corrected chi connectivity index (χ4v) is 0.0408. The minimum atomic E-state index is 1.07. The maximum Gasteiger partial charge on any atom is 0.392 e. The number of hydrogen-bond acceptors (Lipinski definition) is 1. The van der Waals surface area contributed by atoms with Gasteiger partial charge in [0, 0.05) is 0 Å². The van der Waals surface area contributed by atoms with E-state index >= 15 is 0 Å². The van der Waals surface area contributed by atoms with Crippen molar-refractivity contribution in [3.8, 4) is 0 Å². The molecule has 2 nitrogen and oxygen atoms in total. The monoisotopic (exact) mass is 67.0 g/mol. The van der Waals surface area contributed by atoms with Crippen LogP contribution in [0.5, 0.6) is 0 Å². The molecule has 0 unspecified atom stereocenters. The third-order valence-electron chi connectivity index (χ3n) is 0.149. The third kappa shape index (κ3) is 2.94. The highest BCUT2D eigenvalue weighted by molar-refractivity contribution is 4.81. The van der Waals surface area contributed by atoms with Gasteiger partial charge in [-0.05, 0) is 12.3 Å². The smallest absolute Gasteiger partial charge is 0.0491 e. The van der Waals surface area contributed by atoms with Crippen LogP contribution in [-0.4, -0.2) is 0 Å². The van der Waals surface area contributed by atoms with Gasteiger partial charge in [-0.1, -0.05) is 0 Å². The van der Waals surface area contributed by atoms with Gasteiger partial charge in [0.25, 0.3) is 0 Å². The van der Waals surface area contributed by atoms with Gasteiger partial charge in [-0.3, -0.25) is 0 Å². The van der Waals surface area contributed by atoms with Crippen LogP contribution in [0.25, 0.3) is 4.98 Å². The maximum atomic E-state index is 7.53. The first-order valence-corrected chi connectivity index (χ1v) is 1.10. The van der Waals surface area contributed by atoms with Crippen molar-refractivity contribution in [3.63, 3.8) is 0 Å². The van der Waals surface area contributed by atoms with Gasteiger partial charge < -0.3 is 0 Å². The summed E-state index contributed by atoms with van der Waals surface area (Å²) in [7, 11) is 0. The maximum absolute atomic E-state index is 7.53. The summed E-state index contributed by atoms with van der Waals surface area (Å²) in [4.78, 5) is 2.56. The number of diazo groups is 1. The van der Waals surface area contributed by atoms with Crippen LogP contribution in [0.4, 0.5) is 0 Å². The van der Waals surface area contributed by atoms with Gasteiger partial charge in [0.2, 0.25) is 5.39 Å². The van der Waals surface area contributed by atoms with Gasteiger partial charge in [0.05, 0.1) is 0 Å². The molecule has 2 heteroatoms. The molecule has 0 bridgehead atoms. The molecular weight excluding hydrogens is 64.0 g/mol. The summed E-state index contributed by atoms with van der Waals surface area (Å²) in [6.45, 7) is 3.12. The Hall–Kier alpha value is -1.06. The lowest BCUT2D eigenvalue weighted by molar-refractivity contribution is 1.47. The summed E-state index contributed by atoms with van der Waals surface area (Å²) >= 11 is 0. The number of hydrogen-bond donors (Lipinski definition) is 0. The van der Waals surface area contributed by atoms with E-state index in [0.717, 1.165) is 6.20 Å². The molecule has 0 aromatic rings. The molecule has 0 aliphatic carbocycles. The van der Waals surface area contributed by atoms with Crippen molar-refractivity contribution in [2.75, 3.05) is 0 Å². The molecule has 0 radical (unpaired) electrons. The largest absolute Gasteiger partial charge is 0.392 e. The first-order valence-electron chi connectivity index (χ1n) is 1.10. The highest BCUT2D eigenvalue weighted by Gasteiger charge is 1.60. The van der Waals surface area contributed by atoms with Crippen molar-refractivity contribution in [1.82, 2.24) is 0 Å². The number of rotatable bonds is 0. The van der Waals surface area contributed by atoms with E-state index in [0.29, 0.717) is 0 Å². The van der Waals surface area contributed by atoms with Crippen molar-refractivity contribution >= 4 is 0 Å². The molecule has 24 valence electrons. The molecule has 0 spiro atoms. The van der Waals surface area contributed by atoms with Gasteiger partial charge in [-0.15, -0.1) is 0 Å². The van der Waals surface area contributed by atoms with Gasteiger partial charge in [-0.25, -0.2) is 0 Å². The first kappa shape index (κ1) is 3.94. The van der Waals surface area contributed by atoms with Gasteiger partial charge >= 0.3 is 6.20 Å². The van der Waals surface area contributed by atoms with Crippen LogP contribution in [-0.2, 0) is 0 Å². The summed E-state index contributed by atoms with van der Waals surface area (Å²) in [6, 6.07) is 0. The predicted molar refractivity (Wildman–Crippen MR) is 18.8 cm³/mol. The Kier molecular flexibility index (Phi) is 2.32. The highest BCUT2D eigenvalue weighted by atomic mass is 14.8. The molecular formula is C3H3N2+. The van der Waals surface area contributed by atoms with Crippen LogP contribution in [0.2, 0.25) is 0 Å². The fraction of sp³-hybridized carbons (Fsp3) is 0. The molecule has 0 heterocycles. The second-order valence-corrected chi connectivity index (χ2v) is 0.449. The van der Waals surface area contributed by atoms with E-state index in [1.54, 1.807) is 0 Å². The molecule has 0 rings (SSSR count). The van der Waals surface area contributed by atoms with Crippen molar-refractivity contribution in [2.24, 2.45) is 0 Å². The second kappa shape index (κ2) is 2.94. The van der Waals surface area contributed by atoms with Gasteiger partial charge in [0.1, 0.15) is 0 Å². The Morgan fingerprint density at radius 1 is 2.00 bits per heavy atom. The molecule has 0 atom stereocenters. The molecule has 0 aromatic heterocycles. The average molecular weight is 67.1 g/mol. The lowest BCUT2D eigenvalue weighted by Gasteiger charge is -1.19. The number of nitrogens with zero attached hydrogens (tertiary/aromatic N) is 2. The molecule has 0 N–H and O–H groups in total. The van der Waals surface area contributed by atoms with Crippen LogP contribution in [0, 0.1) is 5.39 Å². The van der Waals surface area contributed by atoms with E-state index in [9.17, 15) is 0 Å². The quantitative estimate of drug-likeness (QED) is 0.308. The Morgan fingerprint density at radius 3 is 2.60 bits per heavy atom. The van der Waals surface area contributed by atoms with E-state index in [1.807, 2.05) is 0 Å². The zero-order valence-electron chi connectivity index (χ0n) is 2.68. The highest BCUT2D eigenvalue weighted by Crippen LogP contribution is 1.57. The van der Waals surface area contributed by atoms with Crippen LogP contribution in [0.15, 0.2) is 18.5 Å². The standard InChI is InChI=1S/C3H3N2/c1-2-3-5-4/h3H,1H2/q+1. The molecule has 0 fully saturated rings. The first-order chi connectivity index (χ1) is 2.41. The fourth-order valence-electron chi connectivity index (χ4n) is 0.0408. The van der Waals surface area contributed by atoms with Crippen molar-refractivity contribution in [2.45, 2.75) is 0 Å². The van der Waals surface area contributed by atoms with Gasteiger partial charge in [0.15, 0.2) is 4.98 Å². The lowest BCUT2D eigenvalue weighted by Crippen LogP contribution is -1.19. The summed E-state index contributed by atoms with van der Waals surface area (Å²) < 4.78 is 0. The lowest BCUT2D eigenvalue weighted by atomic mass is 10.9. The average Bonchev–Trinajstić information content (AvgIpc) is 1.41. The Bertz CT molecular complexity index is 92.0. The van der Waals surface area contributed by atoms with E-state index in [-0.39, 0.29) is 0 Å². The van der Waals surface area contributed by atoms with Gasteiger partial charge in [-0.2, -0.15) is 0 Å². The molecule has 0 aliphatic heterocycles. The summed E-state index contributed by atoms with van der Waals surface area (Å²) in [5.41, 5.74) is 2.23. The van der Waals surface area contributed by atoms with Crippen LogP contribution in [0.3, 0.4) is 0 Å². The van der Waals surface area contributed by atoms with Crippen molar-refractivity contribution in [3.05, 3.63) is 23.5 Å². The summed E-state index contributed by atoms with van der Waals surface area (Å²) in [6.07, 6.45) is 1.07. The topological polar surface area (TPSA) is 28.1 Å². The van der Waals surface area contributed by atoms with Crippen LogP contribution in [0.1, 0.15) is 0 Å². The van der Waals surface area contributed by atoms with E-state index in [2.05, 4.69) is 17.3 Å². The van der Waals surface area contributed by atoms with Crippen LogP contribution < -0.4 is 0 Å². The normalized spacial score (nSPS) is 3.80. The Labute approximate surface area is 30.1 Å². The molecule has 0 saturated heterocycles. The van der Waals surface area contributed by atoms with E-state index in [1.165, 1.54) is 0 Å². The Morgan fingerprint density at radius 2 is 2.60 bits per heavy atom. The molecule has 0 aliphatic rings. The summed E-state index contributed by atoms with van der Waals surface area (Å²) in [5, 5.41) is 7.53. The van der Waals surface area contributed by atoms with E-state index < -0.39 is 0 Å². The van der Waals surface area contributed by atoms with Crippen LogP contribution >= 0.6 is 0 Å². The van der Waals surface area contributed by atoms with E-state index in [4.69, 9.17) is 5.39 Å². The predicted octanol–water partition coefficient (Wildman–Crippen LogP) is 1.14. The molecule has 0 amide bonds. The Balaban J connectivity index is 3.46. The molecule has 0 saturated carbocycles. The second-order valence-electron chi connectivity index (χ2n) is 0.449. The molecule has 0 aromatic carbocycles. The van der Waals surface area contributed by atoms with Crippen molar-refractivity contribution < 1.29 is 0 Å². The minimum absolute atomic E-state index is 1.07. The molecule has 5 heavy (non-hydrogen) atoms. The zero-order valence-corrected chi connectivity index (χ0v) is 2.68. The zero-order chi connectivity index (χ0) is 4.12. The summed E-state index contributed by atoms with van der Waals surface area (Å²) in [5.74, 6) is 0. The minimum Gasteiger partial charge on any atom is -0.0491 e. The SMILES string of the molecule is C=C=C[N+]#N.